The maximum atomic E-state index is 5.59. The summed E-state index contributed by atoms with van der Waals surface area (Å²) in [6, 6.07) is 8.20. The van der Waals surface area contributed by atoms with Crippen LogP contribution in [0.25, 0.3) is 0 Å². The topological polar surface area (TPSA) is 21.3 Å². The Bertz CT molecular complexity index is 407. The summed E-state index contributed by atoms with van der Waals surface area (Å²) in [4.78, 5) is 0. The number of hydrogen-bond donors (Lipinski definition) is 1. The average Bonchev–Trinajstić information content (AvgIpc) is 2.28. The molecule has 0 atom stereocenters. The molecule has 2 nitrogen and oxygen atoms in total. The molecule has 0 unspecified atom stereocenters. The summed E-state index contributed by atoms with van der Waals surface area (Å²) in [5, 5.41) is 2.97. The third kappa shape index (κ3) is 4.93. The first-order valence-corrected chi connectivity index (χ1v) is 5.87. The molecule has 0 spiro atoms. The van der Waals surface area contributed by atoms with E-state index in [2.05, 4.69) is 50.1 Å². The van der Waals surface area contributed by atoms with Gasteiger partial charge in [0.05, 0.1) is 6.54 Å². The molecule has 0 aliphatic carbocycles. The Balaban J connectivity index is 2.59. The van der Waals surface area contributed by atoms with Crippen molar-refractivity contribution in [2.45, 2.75) is 26.2 Å². The molecule has 2 heteroatoms. The predicted octanol–water partition coefficient (Wildman–Crippen LogP) is 2.59. The van der Waals surface area contributed by atoms with E-state index >= 15 is 0 Å². The SMILES string of the molecule is CNCC#CCOc1cccc(C(C)(C)C)c1. The molecule has 0 saturated heterocycles. The van der Waals surface area contributed by atoms with Crippen molar-refractivity contribution >= 4 is 0 Å². The molecule has 17 heavy (non-hydrogen) atoms. The van der Waals surface area contributed by atoms with Crippen LogP contribution in [0.3, 0.4) is 0 Å². The lowest BCUT2D eigenvalue weighted by molar-refractivity contribution is 0.368. The van der Waals surface area contributed by atoms with E-state index in [4.69, 9.17) is 4.74 Å². The van der Waals surface area contributed by atoms with Gasteiger partial charge in [-0.2, -0.15) is 0 Å². The minimum atomic E-state index is 0.150. The number of benzene rings is 1. The first kappa shape index (κ1) is 13.6. The molecule has 0 bridgehead atoms. The zero-order valence-electron chi connectivity index (χ0n) is 11.1. The van der Waals surface area contributed by atoms with Gasteiger partial charge in [0, 0.05) is 0 Å². The van der Waals surface area contributed by atoms with Crippen molar-refractivity contribution in [1.29, 1.82) is 0 Å². The zero-order valence-corrected chi connectivity index (χ0v) is 11.1. The van der Waals surface area contributed by atoms with E-state index in [1.807, 2.05) is 19.2 Å². The van der Waals surface area contributed by atoms with Gasteiger partial charge in [0.15, 0.2) is 0 Å². The van der Waals surface area contributed by atoms with Crippen LogP contribution in [-0.4, -0.2) is 20.2 Å². The van der Waals surface area contributed by atoms with Crippen LogP contribution in [-0.2, 0) is 5.41 Å². The van der Waals surface area contributed by atoms with E-state index in [1.54, 1.807) is 0 Å². The van der Waals surface area contributed by atoms with Crippen LogP contribution in [0, 0.1) is 11.8 Å². The van der Waals surface area contributed by atoms with Crippen LogP contribution in [0.1, 0.15) is 26.3 Å². The van der Waals surface area contributed by atoms with Crippen LogP contribution in [0.2, 0.25) is 0 Å². The van der Waals surface area contributed by atoms with E-state index in [-0.39, 0.29) is 5.41 Å². The first-order valence-electron chi connectivity index (χ1n) is 5.87. The van der Waals surface area contributed by atoms with Crippen LogP contribution in [0.15, 0.2) is 24.3 Å². The van der Waals surface area contributed by atoms with Gasteiger partial charge < -0.3 is 10.1 Å². The van der Waals surface area contributed by atoms with E-state index in [1.165, 1.54) is 5.56 Å². The fourth-order valence-electron chi connectivity index (χ4n) is 1.37. The van der Waals surface area contributed by atoms with Crippen molar-refractivity contribution < 1.29 is 4.74 Å². The third-order valence-corrected chi connectivity index (χ3v) is 2.40. The van der Waals surface area contributed by atoms with Crippen molar-refractivity contribution in [2.75, 3.05) is 20.2 Å². The molecular weight excluding hydrogens is 210 g/mol. The summed E-state index contributed by atoms with van der Waals surface area (Å²) in [6.45, 7) is 7.72. The highest BCUT2D eigenvalue weighted by Crippen LogP contribution is 2.25. The Morgan fingerprint density at radius 1 is 1.24 bits per heavy atom. The van der Waals surface area contributed by atoms with Gasteiger partial charge in [-0.25, -0.2) is 0 Å². The van der Waals surface area contributed by atoms with Crippen molar-refractivity contribution in [2.24, 2.45) is 0 Å². The molecule has 0 saturated carbocycles. The van der Waals surface area contributed by atoms with E-state index < -0.39 is 0 Å². The van der Waals surface area contributed by atoms with Gasteiger partial charge >= 0.3 is 0 Å². The van der Waals surface area contributed by atoms with Gasteiger partial charge in [-0.3, -0.25) is 0 Å². The summed E-state index contributed by atoms with van der Waals surface area (Å²) in [5.41, 5.74) is 1.43. The fraction of sp³-hybridized carbons (Fsp3) is 0.467. The molecule has 1 rings (SSSR count). The molecule has 0 aliphatic rings. The minimum Gasteiger partial charge on any atom is -0.481 e. The lowest BCUT2D eigenvalue weighted by Crippen LogP contribution is -2.11. The van der Waals surface area contributed by atoms with Gasteiger partial charge in [0.2, 0.25) is 0 Å². The molecule has 1 aromatic rings. The maximum absolute atomic E-state index is 5.59. The van der Waals surface area contributed by atoms with Crippen LogP contribution >= 0.6 is 0 Å². The summed E-state index contributed by atoms with van der Waals surface area (Å²) in [7, 11) is 1.88. The molecule has 0 amide bonds. The van der Waals surface area contributed by atoms with Crippen molar-refractivity contribution in [3.05, 3.63) is 29.8 Å². The number of rotatable bonds is 3. The molecule has 0 heterocycles. The average molecular weight is 231 g/mol. The summed E-state index contributed by atoms with van der Waals surface area (Å²) >= 11 is 0. The molecule has 92 valence electrons. The maximum Gasteiger partial charge on any atom is 0.149 e. The highest BCUT2D eigenvalue weighted by molar-refractivity contribution is 5.32. The molecular formula is C15H21NO. The van der Waals surface area contributed by atoms with Gasteiger partial charge in [-0.15, -0.1) is 0 Å². The Morgan fingerprint density at radius 2 is 2.00 bits per heavy atom. The Morgan fingerprint density at radius 3 is 2.65 bits per heavy atom. The van der Waals surface area contributed by atoms with Crippen LogP contribution in [0.4, 0.5) is 0 Å². The Kier molecular flexibility index (Phi) is 5.06. The van der Waals surface area contributed by atoms with E-state index in [9.17, 15) is 0 Å². The highest BCUT2D eigenvalue weighted by atomic mass is 16.5. The molecule has 0 aliphatic heterocycles. The first-order chi connectivity index (χ1) is 8.04. The Labute approximate surface area is 104 Å². The zero-order chi connectivity index (χ0) is 12.7. The van der Waals surface area contributed by atoms with Crippen LogP contribution < -0.4 is 10.1 Å². The lowest BCUT2D eigenvalue weighted by atomic mass is 9.87. The number of ether oxygens (including phenoxy) is 1. The van der Waals surface area contributed by atoms with E-state index in [0.717, 1.165) is 5.75 Å². The second kappa shape index (κ2) is 6.32. The molecule has 0 fully saturated rings. The van der Waals surface area contributed by atoms with Gasteiger partial charge in [-0.05, 0) is 30.2 Å². The molecule has 0 aromatic heterocycles. The number of hydrogen-bond acceptors (Lipinski definition) is 2. The lowest BCUT2D eigenvalue weighted by Gasteiger charge is -2.19. The largest absolute Gasteiger partial charge is 0.481 e. The quantitative estimate of drug-likeness (QED) is 0.807. The fourth-order valence-corrected chi connectivity index (χ4v) is 1.37. The van der Waals surface area contributed by atoms with Crippen molar-refractivity contribution in [1.82, 2.24) is 5.32 Å². The van der Waals surface area contributed by atoms with E-state index in [0.29, 0.717) is 13.2 Å². The summed E-state index contributed by atoms with van der Waals surface area (Å²) < 4.78 is 5.59. The monoisotopic (exact) mass is 231 g/mol. The molecule has 1 aromatic carbocycles. The van der Waals surface area contributed by atoms with Crippen molar-refractivity contribution in [3.63, 3.8) is 0 Å². The normalized spacial score (nSPS) is 10.6. The smallest absolute Gasteiger partial charge is 0.149 e. The van der Waals surface area contributed by atoms with Crippen molar-refractivity contribution in [3.8, 4) is 17.6 Å². The van der Waals surface area contributed by atoms with Gasteiger partial charge in [0.25, 0.3) is 0 Å². The standard InChI is InChI=1S/C15H21NO/c1-15(2,3)13-8-7-9-14(12-13)17-11-6-5-10-16-4/h7-9,12,16H,10-11H2,1-4H3. The highest BCUT2D eigenvalue weighted by Gasteiger charge is 2.13. The van der Waals surface area contributed by atoms with Gasteiger partial charge in [-0.1, -0.05) is 44.7 Å². The summed E-state index contributed by atoms with van der Waals surface area (Å²) in [6.07, 6.45) is 0. The number of nitrogens with one attached hydrogen (secondary N) is 1. The molecule has 0 radical (unpaired) electrons. The van der Waals surface area contributed by atoms with Gasteiger partial charge in [0.1, 0.15) is 12.4 Å². The summed E-state index contributed by atoms with van der Waals surface area (Å²) in [5.74, 6) is 6.81. The molecule has 1 N–H and O–H groups in total. The second-order valence-corrected chi connectivity index (χ2v) is 4.95. The van der Waals surface area contributed by atoms with Crippen LogP contribution in [0.5, 0.6) is 5.75 Å². The third-order valence-electron chi connectivity index (χ3n) is 2.40. The second-order valence-electron chi connectivity index (χ2n) is 4.95. The predicted molar refractivity (Wildman–Crippen MR) is 72.3 cm³/mol. The minimum absolute atomic E-state index is 0.150. The Hall–Kier alpha value is -1.46.